The van der Waals surface area contributed by atoms with Crippen LogP contribution in [0.3, 0.4) is 0 Å². The molecule has 1 aliphatic rings. The fourth-order valence-corrected chi connectivity index (χ4v) is 4.85. The normalized spacial score (nSPS) is 14.7. The molecule has 6 nitrogen and oxygen atoms in total. The summed E-state index contributed by atoms with van der Waals surface area (Å²) in [5.74, 6) is -2.18. The van der Waals surface area contributed by atoms with Crippen molar-refractivity contribution in [2.24, 2.45) is 0 Å². The molecule has 0 radical (unpaired) electrons. The van der Waals surface area contributed by atoms with E-state index in [1.807, 2.05) is 12.1 Å². The molecule has 1 saturated carbocycles. The molecule has 0 bridgehead atoms. The number of aliphatic hydroxyl groups is 1. The summed E-state index contributed by atoms with van der Waals surface area (Å²) in [7, 11) is 0. The summed E-state index contributed by atoms with van der Waals surface area (Å²) in [6, 6.07) is 15.5. The third kappa shape index (κ3) is 8.19. The lowest BCUT2D eigenvalue weighted by atomic mass is 9.92. The van der Waals surface area contributed by atoms with E-state index in [1.54, 1.807) is 19.1 Å². The molecule has 212 valence electrons. The molecule has 3 aromatic rings. The molecule has 2 atom stereocenters. The van der Waals surface area contributed by atoms with Crippen molar-refractivity contribution < 1.29 is 23.5 Å². The smallest absolute Gasteiger partial charge is 0.251 e. The van der Waals surface area contributed by atoms with Crippen molar-refractivity contribution in [3.63, 3.8) is 0 Å². The Labute approximate surface area is 234 Å². The van der Waals surface area contributed by atoms with E-state index in [1.165, 1.54) is 23.8 Å². The van der Waals surface area contributed by atoms with Gasteiger partial charge in [-0.15, -0.1) is 0 Å². The molecule has 8 heteroatoms. The van der Waals surface area contributed by atoms with Gasteiger partial charge in [0.15, 0.2) is 0 Å². The largest absolute Gasteiger partial charge is 0.390 e. The Hall–Kier alpha value is -3.62. The van der Waals surface area contributed by atoms with Crippen LogP contribution in [0, 0.1) is 18.6 Å². The summed E-state index contributed by atoms with van der Waals surface area (Å²) in [4.78, 5) is 26.1. The maximum absolute atomic E-state index is 13.9. The Morgan fingerprint density at radius 3 is 2.25 bits per heavy atom. The number of amides is 2. The SMILES string of the molecule is CCc1cccc(CNC[C@@H](O)[C@H](Cc2cc(F)cc(F)c2)NC(=O)c2cc(C)cc(C(=O)NC3CCC3)c2)c1. The average molecular weight is 550 g/mol. The molecule has 1 fully saturated rings. The van der Waals surface area contributed by atoms with E-state index in [2.05, 4.69) is 35.0 Å². The molecular weight excluding hydrogens is 512 g/mol. The predicted molar refractivity (Wildman–Crippen MR) is 151 cm³/mol. The van der Waals surface area contributed by atoms with E-state index in [0.717, 1.165) is 42.9 Å². The number of carbonyl (C=O) groups is 2. The molecule has 4 N–H and O–H groups in total. The maximum atomic E-state index is 13.9. The van der Waals surface area contributed by atoms with Gasteiger partial charge in [0.25, 0.3) is 11.8 Å². The Morgan fingerprint density at radius 1 is 0.925 bits per heavy atom. The van der Waals surface area contributed by atoms with Gasteiger partial charge in [-0.25, -0.2) is 8.78 Å². The summed E-state index contributed by atoms with van der Waals surface area (Å²) in [5, 5.41) is 20.1. The number of carbonyl (C=O) groups excluding carboxylic acids is 2. The quantitative estimate of drug-likeness (QED) is 0.266. The summed E-state index contributed by atoms with van der Waals surface area (Å²) in [6.07, 6.45) is 2.85. The van der Waals surface area contributed by atoms with Crippen molar-refractivity contribution in [3.05, 3.63) is 106 Å². The number of halogens is 2. The minimum absolute atomic E-state index is 0.00935. The second-order valence-corrected chi connectivity index (χ2v) is 10.6. The highest BCUT2D eigenvalue weighted by Crippen LogP contribution is 2.20. The third-order valence-corrected chi connectivity index (χ3v) is 7.28. The van der Waals surface area contributed by atoms with Crippen molar-refractivity contribution in [3.8, 4) is 0 Å². The van der Waals surface area contributed by atoms with E-state index in [-0.39, 0.29) is 30.5 Å². The molecule has 3 aromatic carbocycles. The van der Waals surface area contributed by atoms with Crippen LogP contribution in [0.4, 0.5) is 8.78 Å². The maximum Gasteiger partial charge on any atom is 0.251 e. The number of hydrogen-bond acceptors (Lipinski definition) is 4. The summed E-state index contributed by atoms with van der Waals surface area (Å²) < 4.78 is 27.8. The van der Waals surface area contributed by atoms with Gasteiger partial charge in [0.2, 0.25) is 0 Å². The van der Waals surface area contributed by atoms with Crippen molar-refractivity contribution in [1.29, 1.82) is 0 Å². The summed E-state index contributed by atoms with van der Waals surface area (Å²) >= 11 is 0. The third-order valence-electron chi connectivity index (χ3n) is 7.28. The Morgan fingerprint density at radius 2 is 1.60 bits per heavy atom. The lowest BCUT2D eigenvalue weighted by molar-refractivity contribution is 0.0829. The molecule has 0 aromatic heterocycles. The van der Waals surface area contributed by atoms with Gasteiger partial charge in [0.1, 0.15) is 11.6 Å². The fourth-order valence-electron chi connectivity index (χ4n) is 4.85. The minimum atomic E-state index is -1.06. The van der Waals surface area contributed by atoms with Crippen LogP contribution in [0.2, 0.25) is 0 Å². The van der Waals surface area contributed by atoms with Crippen LogP contribution in [0.15, 0.2) is 60.7 Å². The molecule has 4 rings (SSSR count). The topological polar surface area (TPSA) is 90.5 Å². The zero-order valence-corrected chi connectivity index (χ0v) is 23.0. The Kier molecular flexibility index (Phi) is 10.0. The number of benzene rings is 3. The second-order valence-electron chi connectivity index (χ2n) is 10.6. The van der Waals surface area contributed by atoms with Gasteiger partial charge in [-0.1, -0.05) is 31.2 Å². The van der Waals surface area contributed by atoms with Crippen molar-refractivity contribution in [1.82, 2.24) is 16.0 Å². The van der Waals surface area contributed by atoms with Crippen molar-refractivity contribution in [2.45, 2.75) is 70.7 Å². The first-order chi connectivity index (χ1) is 19.2. The first-order valence-corrected chi connectivity index (χ1v) is 13.8. The first-order valence-electron chi connectivity index (χ1n) is 13.8. The molecule has 0 heterocycles. The van der Waals surface area contributed by atoms with Gasteiger partial charge in [-0.3, -0.25) is 9.59 Å². The lowest BCUT2D eigenvalue weighted by Crippen LogP contribution is -2.48. The van der Waals surface area contributed by atoms with E-state index in [4.69, 9.17) is 0 Å². The highest BCUT2D eigenvalue weighted by molar-refractivity contribution is 6.00. The number of hydrogen-bond donors (Lipinski definition) is 4. The number of aliphatic hydroxyl groups excluding tert-OH is 1. The van der Waals surface area contributed by atoms with E-state index < -0.39 is 29.7 Å². The predicted octanol–water partition coefficient (Wildman–Crippen LogP) is 4.61. The fraction of sp³-hybridized carbons (Fsp3) is 0.375. The standard InChI is InChI=1S/C32H37F2N3O3/c1-3-21-6-4-7-22(12-21)18-35-19-30(38)29(15-23-13-26(33)17-27(34)14-23)37-32(40)25-11-20(2)10-24(16-25)31(39)36-28-8-5-9-28/h4,6-7,10-14,16-17,28-30,35,38H,3,5,8-9,15,18-19H2,1-2H3,(H,36,39)(H,37,40)/t29-,30+/m0/s1. The van der Waals surface area contributed by atoms with Crippen LogP contribution in [-0.2, 0) is 19.4 Å². The van der Waals surface area contributed by atoms with Crippen LogP contribution in [0.1, 0.15) is 69.2 Å². The van der Waals surface area contributed by atoms with Gasteiger partial charge in [-0.05, 0) is 91.6 Å². The number of nitrogens with one attached hydrogen (secondary N) is 3. The van der Waals surface area contributed by atoms with Crippen LogP contribution in [0.25, 0.3) is 0 Å². The lowest BCUT2D eigenvalue weighted by Gasteiger charge is -2.26. The van der Waals surface area contributed by atoms with E-state index in [9.17, 15) is 23.5 Å². The number of rotatable bonds is 12. The molecule has 0 unspecified atom stereocenters. The van der Waals surface area contributed by atoms with Gasteiger partial charge in [-0.2, -0.15) is 0 Å². The van der Waals surface area contributed by atoms with E-state index in [0.29, 0.717) is 17.7 Å². The van der Waals surface area contributed by atoms with Crippen molar-refractivity contribution >= 4 is 11.8 Å². The highest BCUT2D eigenvalue weighted by Gasteiger charge is 2.25. The van der Waals surface area contributed by atoms with Crippen LogP contribution in [0.5, 0.6) is 0 Å². The Balaban J connectivity index is 1.48. The zero-order valence-electron chi connectivity index (χ0n) is 23.0. The number of aryl methyl sites for hydroxylation is 2. The summed E-state index contributed by atoms with van der Waals surface area (Å²) in [6.45, 7) is 4.53. The highest BCUT2D eigenvalue weighted by atomic mass is 19.1. The molecule has 1 aliphatic carbocycles. The van der Waals surface area contributed by atoms with E-state index >= 15 is 0 Å². The first kappa shape index (κ1) is 29.4. The second kappa shape index (κ2) is 13.6. The summed E-state index contributed by atoms with van der Waals surface area (Å²) in [5.41, 5.74) is 3.97. The monoisotopic (exact) mass is 549 g/mol. The van der Waals surface area contributed by atoms with Crippen LogP contribution in [-0.4, -0.2) is 41.7 Å². The molecule has 0 aliphatic heterocycles. The van der Waals surface area contributed by atoms with Crippen LogP contribution < -0.4 is 16.0 Å². The van der Waals surface area contributed by atoms with Gasteiger partial charge in [0.05, 0.1) is 12.1 Å². The molecule has 40 heavy (non-hydrogen) atoms. The minimum Gasteiger partial charge on any atom is -0.390 e. The van der Waals surface area contributed by atoms with Crippen LogP contribution >= 0.6 is 0 Å². The molecular formula is C32H37F2N3O3. The van der Waals surface area contributed by atoms with Gasteiger partial charge in [0, 0.05) is 36.3 Å². The molecule has 0 saturated heterocycles. The average Bonchev–Trinajstić information content (AvgIpc) is 2.89. The molecule has 2 amide bonds. The molecule has 0 spiro atoms. The van der Waals surface area contributed by atoms with Crippen molar-refractivity contribution in [2.75, 3.05) is 6.54 Å². The zero-order chi connectivity index (χ0) is 28.6. The van der Waals surface area contributed by atoms with Gasteiger partial charge >= 0.3 is 0 Å². The Bertz CT molecular complexity index is 1320. The van der Waals surface area contributed by atoms with Gasteiger partial charge < -0.3 is 21.1 Å².